The van der Waals surface area contributed by atoms with Gasteiger partial charge in [-0.25, -0.2) is 0 Å². The number of amides is 1. The van der Waals surface area contributed by atoms with Crippen LogP contribution in [-0.2, 0) is 9.53 Å². The molecule has 0 spiro atoms. The molecule has 3 heteroatoms. The number of ether oxygens (including phenoxy) is 1. The summed E-state index contributed by atoms with van der Waals surface area (Å²) in [5, 5.41) is 0. The van der Waals surface area contributed by atoms with Gasteiger partial charge >= 0.3 is 0 Å². The Morgan fingerprint density at radius 3 is 2.65 bits per heavy atom. The van der Waals surface area contributed by atoms with Crippen molar-refractivity contribution in [3.05, 3.63) is 0 Å². The minimum absolute atomic E-state index is 0.258. The zero-order chi connectivity index (χ0) is 12.8. The van der Waals surface area contributed by atoms with Gasteiger partial charge in [-0.15, -0.1) is 0 Å². The summed E-state index contributed by atoms with van der Waals surface area (Å²) in [6.45, 7) is 7.39. The lowest BCUT2D eigenvalue weighted by Gasteiger charge is -2.26. The molecule has 100 valence electrons. The first kappa shape index (κ1) is 14.5. The van der Waals surface area contributed by atoms with Gasteiger partial charge in [-0.05, 0) is 38.5 Å². The van der Waals surface area contributed by atoms with Gasteiger partial charge < -0.3 is 9.64 Å². The van der Waals surface area contributed by atoms with Crippen LogP contribution in [0.5, 0.6) is 0 Å². The van der Waals surface area contributed by atoms with E-state index in [4.69, 9.17) is 4.74 Å². The molecule has 0 unspecified atom stereocenters. The molecule has 3 nitrogen and oxygen atoms in total. The summed E-state index contributed by atoms with van der Waals surface area (Å²) >= 11 is 0. The summed E-state index contributed by atoms with van der Waals surface area (Å²) in [7, 11) is 1.92. The maximum absolute atomic E-state index is 12.0. The molecule has 1 aliphatic rings. The van der Waals surface area contributed by atoms with Crippen LogP contribution in [0.4, 0.5) is 0 Å². The third-order valence-corrected chi connectivity index (χ3v) is 3.57. The van der Waals surface area contributed by atoms with Crippen molar-refractivity contribution in [2.45, 2.75) is 65.0 Å². The van der Waals surface area contributed by atoms with Gasteiger partial charge in [-0.1, -0.05) is 13.8 Å². The minimum Gasteiger partial charge on any atom is -0.378 e. The standard InChI is InChI=1S/C14H27NO2/c1-11(2)10-12(3)15(4)14(16)8-7-13-6-5-9-17-13/h11-13H,5-10H2,1-4H3/t12-,13+/m0/s1. The summed E-state index contributed by atoms with van der Waals surface area (Å²) < 4.78 is 5.54. The van der Waals surface area contributed by atoms with E-state index < -0.39 is 0 Å². The Hall–Kier alpha value is -0.570. The number of carbonyl (C=O) groups excluding carboxylic acids is 1. The number of nitrogens with zero attached hydrogens (tertiary/aromatic N) is 1. The quantitative estimate of drug-likeness (QED) is 0.715. The largest absolute Gasteiger partial charge is 0.378 e. The Bertz CT molecular complexity index is 234. The summed E-state index contributed by atoms with van der Waals surface area (Å²) in [6.07, 6.45) is 5.19. The van der Waals surface area contributed by atoms with Crippen molar-refractivity contribution in [2.75, 3.05) is 13.7 Å². The van der Waals surface area contributed by atoms with E-state index in [0.29, 0.717) is 24.5 Å². The predicted molar refractivity (Wildman–Crippen MR) is 69.9 cm³/mol. The van der Waals surface area contributed by atoms with Gasteiger partial charge in [0.05, 0.1) is 6.10 Å². The highest BCUT2D eigenvalue weighted by Crippen LogP contribution is 2.18. The van der Waals surface area contributed by atoms with E-state index in [1.807, 2.05) is 11.9 Å². The van der Waals surface area contributed by atoms with Gasteiger partial charge in [0.1, 0.15) is 0 Å². The lowest BCUT2D eigenvalue weighted by atomic mass is 10.0. The first-order valence-electron chi connectivity index (χ1n) is 6.88. The molecule has 1 saturated heterocycles. The number of rotatable bonds is 6. The molecule has 0 aliphatic carbocycles. The molecule has 0 bridgehead atoms. The zero-order valence-electron chi connectivity index (χ0n) is 11.7. The van der Waals surface area contributed by atoms with Gasteiger partial charge in [-0.3, -0.25) is 4.79 Å². The second kappa shape index (κ2) is 7.00. The molecule has 0 N–H and O–H groups in total. The Morgan fingerprint density at radius 1 is 1.41 bits per heavy atom. The molecular weight excluding hydrogens is 214 g/mol. The molecule has 1 aliphatic heterocycles. The van der Waals surface area contributed by atoms with Crippen molar-refractivity contribution >= 4 is 5.91 Å². The zero-order valence-corrected chi connectivity index (χ0v) is 11.7. The fraction of sp³-hybridized carbons (Fsp3) is 0.929. The fourth-order valence-corrected chi connectivity index (χ4v) is 2.42. The monoisotopic (exact) mass is 241 g/mol. The average Bonchev–Trinajstić information content (AvgIpc) is 2.76. The van der Waals surface area contributed by atoms with Crippen LogP contribution in [0.25, 0.3) is 0 Å². The molecule has 2 atom stereocenters. The topological polar surface area (TPSA) is 29.5 Å². The lowest BCUT2D eigenvalue weighted by molar-refractivity contribution is -0.132. The summed E-state index contributed by atoms with van der Waals surface area (Å²) in [6, 6.07) is 0.340. The second-order valence-corrected chi connectivity index (χ2v) is 5.66. The number of carbonyl (C=O) groups is 1. The van der Waals surface area contributed by atoms with Crippen molar-refractivity contribution in [3.8, 4) is 0 Å². The van der Waals surface area contributed by atoms with Crippen LogP contribution in [0.1, 0.15) is 52.9 Å². The number of hydrogen-bond donors (Lipinski definition) is 0. The fourth-order valence-electron chi connectivity index (χ4n) is 2.42. The van der Waals surface area contributed by atoms with Crippen LogP contribution >= 0.6 is 0 Å². The van der Waals surface area contributed by atoms with Gasteiger partial charge in [0.2, 0.25) is 5.91 Å². The molecule has 0 aromatic carbocycles. The molecule has 0 aromatic rings. The third kappa shape index (κ3) is 5.07. The van der Waals surface area contributed by atoms with Crippen LogP contribution < -0.4 is 0 Å². The van der Waals surface area contributed by atoms with Gasteiger partial charge in [0.15, 0.2) is 0 Å². The molecule has 1 amide bonds. The first-order valence-corrected chi connectivity index (χ1v) is 6.88. The molecule has 0 aromatic heterocycles. The Morgan fingerprint density at radius 2 is 2.12 bits per heavy atom. The Labute approximate surface area is 106 Å². The summed E-state index contributed by atoms with van der Waals surface area (Å²) in [4.78, 5) is 13.9. The van der Waals surface area contributed by atoms with Crippen molar-refractivity contribution < 1.29 is 9.53 Å². The Kier molecular flexibility index (Phi) is 5.96. The normalized spacial score (nSPS) is 21.8. The number of hydrogen-bond acceptors (Lipinski definition) is 2. The smallest absolute Gasteiger partial charge is 0.222 e. The highest BCUT2D eigenvalue weighted by molar-refractivity contribution is 5.76. The van der Waals surface area contributed by atoms with Crippen LogP contribution in [0.15, 0.2) is 0 Å². The van der Waals surface area contributed by atoms with E-state index in [1.54, 1.807) is 0 Å². The highest BCUT2D eigenvalue weighted by Gasteiger charge is 2.20. The highest BCUT2D eigenvalue weighted by atomic mass is 16.5. The van der Waals surface area contributed by atoms with Crippen LogP contribution in [-0.4, -0.2) is 36.6 Å². The van der Waals surface area contributed by atoms with Crippen LogP contribution in [0.2, 0.25) is 0 Å². The second-order valence-electron chi connectivity index (χ2n) is 5.66. The van der Waals surface area contributed by atoms with E-state index in [9.17, 15) is 4.79 Å². The van der Waals surface area contributed by atoms with Crippen molar-refractivity contribution in [1.82, 2.24) is 4.90 Å². The molecule has 0 radical (unpaired) electrons. The SMILES string of the molecule is CC(C)C[C@H](C)N(C)C(=O)CC[C@H]1CCCO1. The minimum atomic E-state index is 0.258. The first-order chi connectivity index (χ1) is 8.00. The van der Waals surface area contributed by atoms with E-state index in [-0.39, 0.29) is 5.91 Å². The average molecular weight is 241 g/mol. The predicted octanol–water partition coefficient (Wildman–Crippen LogP) is 2.84. The van der Waals surface area contributed by atoms with Crippen molar-refractivity contribution in [3.63, 3.8) is 0 Å². The molecule has 17 heavy (non-hydrogen) atoms. The van der Waals surface area contributed by atoms with Crippen molar-refractivity contribution in [2.24, 2.45) is 5.92 Å². The van der Waals surface area contributed by atoms with Gasteiger partial charge in [-0.2, -0.15) is 0 Å². The van der Waals surface area contributed by atoms with Crippen LogP contribution in [0.3, 0.4) is 0 Å². The van der Waals surface area contributed by atoms with E-state index in [0.717, 1.165) is 32.3 Å². The van der Waals surface area contributed by atoms with E-state index in [2.05, 4.69) is 20.8 Å². The van der Waals surface area contributed by atoms with Crippen LogP contribution in [0, 0.1) is 5.92 Å². The van der Waals surface area contributed by atoms with Gasteiger partial charge in [0.25, 0.3) is 0 Å². The maximum Gasteiger partial charge on any atom is 0.222 e. The lowest BCUT2D eigenvalue weighted by Crippen LogP contribution is -2.36. The van der Waals surface area contributed by atoms with E-state index >= 15 is 0 Å². The summed E-state index contributed by atoms with van der Waals surface area (Å²) in [5.74, 6) is 0.895. The van der Waals surface area contributed by atoms with Gasteiger partial charge in [0, 0.05) is 26.1 Å². The third-order valence-electron chi connectivity index (χ3n) is 3.57. The maximum atomic E-state index is 12.0. The molecule has 0 saturated carbocycles. The molecule has 1 rings (SSSR count). The van der Waals surface area contributed by atoms with E-state index in [1.165, 1.54) is 0 Å². The molecular formula is C14H27NO2. The molecule has 1 heterocycles. The Balaban J connectivity index is 2.25. The summed E-state index contributed by atoms with van der Waals surface area (Å²) in [5.41, 5.74) is 0. The molecule has 1 fully saturated rings. The van der Waals surface area contributed by atoms with Crippen molar-refractivity contribution in [1.29, 1.82) is 0 Å².